The molecule has 5 aliphatic rings. The minimum absolute atomic E-state index is 0.0528. The summed E-state index contributed by atoms with van der Waals surface area (Å²) in [5.41, 5.74) is -0.785. The van der Waals surface area contributed by atoms with Gasteiger partial charge in [0.2, 0.25) is 11.6 Å². The van der Waals surface area contributed by atoms with Crippen molar-refractivity contribution in [1.82, 2.24) is 0 Å². The van der Waals surface area contributed by atoms with E-state index < -0.39 is 32.2 Å². The zero-order valence-electron chi connectivity index (χ0n) is 18.1. The highest BCUT2D eigenvalue weighted by molar-refractivity contribution is 14.1. The summed E-state index contributed by atoms with van der Waals surface area (Å²) in [5, 5.41) is 0. The maximum atomic E-state index is 14.1. The number of hydrogen-bond acceptors (Lipinski definition) is 6. The molecule has 0 amide bonds. The van der Waals surface area contributed by atoms with Crippen LogP contribution in [0.25, 0.3) is 0 Å². The van der Waals surface area contributed by atoms with E-state index in [0.29, 0.717) is 3.58 Å². The molecule has 0 radical (unpaired) electrons. The number of Topliss-reactive ketones (excluding diaryl/α,β-unsaturated/α-hetero) is 1. The molecule has 1 saturated carbocycles. The molecule has 1 aromatic rings. The van der Waals surface area contributed by atoms with Gasteiger partial charge in [0.05, 0.1) is 12.0 Å². The van der Waals surface area contributed by atoms with Crippen LogP contribution in [0.2, 0.25) is 0 Å². The molecule has 6 rings (SSSR count). The lowest BCUT2D eigenvalue weighted by Crippen LogP contribution is -2.71. The van der Waals surface area contributed by atoms with E-state index in [-0.39, 0.29) is 29.0 Å². The smallest absolute Gasteiger partial charge is 0.338 e. The molecule has 5 atom stereocenters. The average Bonchev–Trinajstić information content (AvgIpc) is 3.17. The van der Waals surface area contributed by atoms with Crippen LogP contribution in [-0.2, 0) is 28.6 Å². The third kappa shape index (κ3) is 2.11. The van der Waals surface area contributed by atoms with E-state index in [1.807, 2.05) is 27.7 Å². The largest absolute Gasteiger partial charge is 0.382 e. The normalized spacial score (nSPS) is 40.9. The highest BCUT2D eigenvalue weighted by atomic mass is 127. The maximum absolute atomic E-state index is 14.1. The molecule has 0 aromatic heterocycles. The first-order valence-corrected chi connectivity index (χ1v) is 12.8. The lowest BCUT2D eigenvalue weighted by Gasteiger charge is -2.62. The Labute approximate surface area is 196 Å². The number of benzene rings is 1. The predicted molar refractivity (Wildman–Crippen MR) is 122 cm³/mol. The van der Waals surface area contributed by atoms with Crippen molar-refractivity contribution in [2.24, 2.45) is 22.2 Å². The molecule has 5 unspecified atom stereocenters. The van der Waals surface area contributed by atoms with Gasteiger partial charge in [0.25, 0.3) is 0 Å². The van der Waals surface area contributed by atoms with E-state index in [9.17, 15) is 13.2 Å². The number of halogens is 1. The van der Waals surface area contributed by atoms with E-state index in [1.165, 1.54) is 19.2 Å². The fraction of sp³-hybridized carbons (Fsp3) is 0.522. The number of carbonyl (C=O) groups excluding carboxylic acids is 1. The molecule has 8 heteroatoms. The van der Waals surface area contributed by atoms with Gasteiger partial charge in [-0.05, 0) is 66.5 Å². The third-order valence-corrected chi connectivity index (χ3v) is 10.8. The highest BCUT2D eigenvalue weighted by Gasteiger charge is 2.86. The SMILES string of the molecule is COC12OCC3(C)C4=CCC(C)C4(C1=O)C(I)=C(OS(=O)(=O)c1ccc(C)cc1)C32C. The number of ketones is 1. The lowest BCUT2D eigenvalue weighted by molar-refractivity contribution is -0.247. The Morgan fingerprint density at radius 3 is 2.45 bits per heavy atom. The van der Waals surface area contributed by atoms with Gasteiger partial charge in [-0.3, -0.25) is 4.79 Å². The van der Waals surface area contributed by atoms with Crippen LogP contribution in [0, 0.1) is 29.1 Å². The van der Waals surface area contributed by atoms with Crippen molar-refractivity contribution in [1.29, 1.82) is 0 Å². The summed E-state index contributed by atoms with van der Waals surface area (Å²) in [6, 6.07) is 6.54. The molecule has 31 heavy (non-hydrogen) atoms. The summed E-state index contributed by atoms with van der Waals surface area (Å²) in [4.78, 5) is 14.1. The predicted octanol–water partition coefficient (Wildman–Crippen LogP) is 4.28. The molecule has 4 bridgehead atoms. The van der Waals surface area contributed by atoms with Crippen LogP contribution in [0.3, 0.4) is 0 Å². The number of ether oxygens (including phenoxy) is 2. The fourth-order valence-corrected chi connectivity index (χ4v) is 9.17. The number of hydrogen-bond donors (Lipinski definition) is 0. The van der Waals surface area contributed by atoms with Crippen LogP contribution in [0.15, 0.2) is 50.1 Å². The molecule has 1 aromatic carbocycles. The number of allylic oxidation sites excluding steroid dienone is 2. The highest BCUT2D eigenvalue weighted by Crippen LogP contribution is 2.80. The minimum Gasteiger partial charge on any atom is -0.382 e. The molecule has 1 heterocycles. The van der Waals surface area contributed by atoms with Crippen LogP contribution in [0.1, 0.15) is 32.8 Å². The van der Waals surface area contributed by atoms with E-state index in [2.05, 4.69) is 28.7 Å². The summed E-state index contributed by atoms with van der Waals surface area (Å²) < 4.78 is 45.2. The van der Waals surface area contributed by atoms with Gasteiger partial charge in [-0.25, -0.2) is 0 Å². The van der Waals surface area contributed by atoms with Gasteiger partial charge in [0, 0.05) is 16.1 Å². The van der Waals surface area contributed by atoms with Crippen LogP contribution < -0.4 is 0 Å². The van der Waals surface area contributed by atoms with Gasteiger partial charge in [0.15, 0.2) is 0 Å². The molecule has 6 nitrogen and oxygen atoms in total. The van der Waals surface area contributed by atoms with Gasteiger partial charge in [-0.2, -0.15) is 8.42 Å². The molecule has 1 aliphatic heterocycles. The Morgan fingerprint density at radius 1 is 1.19 bits per heavy atom. The average molecular weight is 556 g/mol. The van der Waals surface area contributed by atoms with Crippen LogP contribution in [0.4, 0.5) is 0 Å². The van der Waals surface area contributed by atoms with Crippen molar-refractivity contribution in [3.63, 3.8) is 0 Å². The monoisotopic (exact) mass is 556 g/mol. The van der Waals surface area contributed by atoms with Crippen LogP contribution in [-0.4, -0.2) is 33.7 Å². The number of aryl methyl sites for hydroxylation is 1. The van der Waals surface area contributed by atoms with Crippen LogP contribution >= 0.6 is 22.6 Å². The first-order chi connectivity index (χ1) is 14.4. The Morgan fingerprint density at radius 2 is 1.84 bits per heavy atom. The second kappa shape index (κ2) is 6.21. The van der Waals surface area contributed by atoms with Crippen molar-refractivity contribution >= 4 is 38.5 Å². The summed E-state index contributed by atoms with van der Waals surface area (Å²) in [6.45, 7) is 8.04. The topological polar surface area (TPSA) is 78.9 Å². The van der Waals surface area contributed by atoms with Crippen molar-refractivity contribution in [3.05, 3.63) is 50.8 Å². The van der Waals surface area contributed by atoms with Crippen molar-refractivity contribution in [3.8, 4) is 0 Å². The molecular weight excluding hydrogens is 531 g/mol. The molecular formula is C23H25IO6S. The summed E-state index contributed by atoms with van der Waals surface area (Å²) in [7, 11) is -2.67. The van der Waals surface area contributed by atoms with Gasteiger partial charge < -0.3 is 13.7 Å². The van der Waals surface area contributed by atoms with E-state index >= 15 is 0 Å². The first kappa shape index (κ1) is 21.6. The molecule has 4 aliphatic carbocycles. The van der Waals surface area contributed by atoms with Gasteiger partial charge in [-0.1, -0.05) is 37.6 Å². The van der Waals surface area contributed by atoms with Gasteiger partial charge in [-0.15, -0.1) is 0 Å². The first-order valence-electron chi connectivity index (χ1n) is 10.3. The standard InChI is InChI=1S/C23H25IO6S/c1-13-6-9-15(10-7-13)31(26,27)30-18-17(24)22-14(2)8-11-16(22)20(3)12-29-23(28-5,19(22)25)21(18,20)4/h6-7,9-11,14H,8,12H2,1-5H3. The second-order valence-electron chi connectivity index (χ2n) is 9.45. The number of carbonyl (C=O) groups is 1. The zero-order chi connectivity index (χ0) is 22.6. The Balaban J connectivity index is 1.78. The third-order valence-electron chi connectivity index (χ3n) is 8.21. The zero-order valence-corrected chi connectivity index (χ0v) is 21.1. The maximum Gasteiger partial charge on any atom is 0.338 e. The Hall–Kier alpha value is -1.23. The van der Waals surface area contributed by atoms with E-state index in [0.717, 1.165) is 17.6 Å². The van der Waals surface area contributed by atoms with Crippen molar-refractivity contribution in [2.45, 2.75) is 44.8 Å². The summed E-state index contributed by atoms with van der Waals surface area (Å²) >= 11 is 2.12. The van der Waals surface area contributed by atoms with Crippen molar-refractivity contribution in [2.75, 3.05) is 13.7 Å². The lowest BCUT2D eigenvalue weighted by atomic mass is 9.42. The number of methoxy groups -OCH3 is 1. The molecule has 1 saturated heterocycles. The van der Waals surface area contributed by atoms with Crippen LogP contribution in [0.5, 0.6) is 0 Å². The van der Waals surface area contributed by atoms with E-state index in [1.54, 1.807) is 12.1 Å². The summed E-state index contributed by atoms with van der Waals surface area (Å²) in [5.74, 6) is -1.53. The molecule has 2 fully saturated rings. The van der Waals surface area contributed by atoms with Crippen molar-refractivity contribution < 1.29 is 26.9 Å². The summed E-state index contributed by atoms with van der Waals surface area (Å²) in [6.07, 6.45) is 2.87. The van der Waals surface area contributed by atoms with Gasteiger partial charge in [0.1, 0.15) is 16.1 Å². The molecule has 1 spiro atoms. The minimum atomic E-state index is -4.12. The van der Waals surface area contributed by atoms with E-state index in [4.69, 9.17) is 13.7 Å². The Bertz CT molecular complexity index is 1180. The number of rotatable bonds is 4. The fourth-order valence-electron chi connectivity index (χ4n) is 6.27. The Kier molecular flexibility index (Phi) is 4.33. The molecule has 0 N–H and O–H groups in total. The quantitative estimate of drug-likeness (QED) is 0.313. The van der Waals surface area contributed by atoms with Gasteiger partial charge >= 0.3 is 10.1 Å². The molecule has 166 valence electrons. The second-order valence-corrected chi connectivity index (χ2v) is 12.1.